The molecule has 13 heavy (non-hydrogen) atoms. The first-order valence-corrected chi connectivity index (χ1v) is 4.60. The lowest BCUT2D eigenvalue weighted by atomic mass is 10.1. The van der Waals surface area contributed by atoms with Gasteiger partial charge in [0.1, 0.15) is 0 Å². The van der Waals surface area contributed by atoms with Gasteiger partial charge in [-0.3, -0.25) is 0 Å². The number of aliphatic hydroxyl groups is 2. The zero-order chi connectivity index (χ0) is 10.3. The Hall–Kier alpha value is -0.160. The molecule has 0 aliphatic rings. The third-order valence-corrected chi connectivity index (χ3v) is 1.94. The second-order valence-corrected chi connectivity index (χ2v) is 3.13. The molecule has 0 heterocycles. The van der Waals surface area contributed by atoms with Crippen LogP contribution in [0.5, 0.6) is 0 Å². The lowest BCUT2D eigenvalue weighted by Gasteiger charge is -2.22. The smallest absolute Gasteiger partial charge is 0.159 e. The van der Waals surface area contributed by atoms with Crippen molar-refractivity contribution in [1.82, 2.24) is 0 Å². The van der Waals surface area contributed by atoms with Gasteiger partial charge in [0.05, 0.1) is 12.7 Å². The Morgan fingerprint density at radius 1 is 1.31 bits per heavy atom. The van der Waals surface area contributed by atoms with Crippen LogP contribution in [-0.2, 0) is 9.47 Å². The highest BCUT2D eigenvalue weighted by atomic mass is 16.6. The van der Waals surface area contributed by atoms with E-state index in [4.69, 9.17) is 4.74 Å². The lowest BCUT2D eigenvalue weighted by molar-refractivity contribution is -0.144. The van der Waals surface area contributed by atoms with Crippen LogP contribution in [-0.4, -0.2) is 42.9 Å². The van der Waals surface area contributed by atoms with Gasteiger partial charge in [0.15, 0.2) is 6.29 Å². The fraction of sp³-hybridized carbons (Fsp3) is 1.00. The predicted molar refractivity (Wildman–Crippen MR) is 49.3 cm³/mol. The van der Waals surface area contributed by atoms with E-state index in [2.05, 4.69) is 4.74 Å². The average Bonchev–Trinajstić information content (AvgIpc) is 2.15. The van der Waals surface area contributed by atoms with Gasteiger partial charge >= 0.3 is 0 Å². The summed E-state index contributed by atoms with van der Waals surface area (Å²) in [6.07, 6.45) is -0.685. The third-order valence-electron chi connectivity index (χ3n) is 1.94. The molecule has 0 rings (SSSR count). The first-order chi connectivity index (χ1) is 6.13. The molecule has 0 fully saturated rings. The van der Waals surface area contributed by atoms with Crippen LogP contribution in [0.25, 0.3) is 0 Å². The van der Waals surface area contributed by atoms with Crippen molar-refractivity contribution < 1.29 is 19.7 Å². The first kappa shape index (κ1) is 12.8. The molecule has 0 saturated heterocycles. The van der Waals surface area contributed by atoms with Gasteiger partial charge in [0.25, 0.3) is 0 Å². The summed E-state index contributed by atoms with van der Waals surface area (Å²) in [5.74, 6) is -0.332. The van der Waals surface area contributed by atoms with E-state index in [1.165, 1.54) is 7.11 Å². The molecule has 0 aromatic carbocycles. The van der Waals surface area contributed by atoms with Gasteiger partial charge in [0.2, 0.25) is 0 Å². The molecule has 0 amide bonds. The van der Waals surface area contributed by atoms with E-state index in [9.17, 15) is 10.2 Å². The van der Waals surface area contributed by atoms with Crippen LogP contribution < -0.4 is 0 Å². The van der Waals surface area contributed by atoms with Crippen LogP contribution >= 0.6 is 0 Å². The standard InChI is InChI=1S/C9H20O4/c1-4-5-13-6-8(10)7(2)9(11)12-3/h7-11H,4-6H2,1-3H3. The Bertz CT molecular complexity index is 118. The zero-order valence-corrected chi connectivity index (χ0v) is 8.56. The molecule has 0 saturated carbocycles. The van der Waals surface area contributed by atoms with Gasteiger partial charge in [-0.25, -0.2) is 0 Å². The topological polar surface area (TPSA) is 58.9 Å². The Kier molecular flexibility index (Phi) is 7.17. The zero-order valence-electron chi connectivity index (χ0n) is 8.56. The summed E-state index contributed by atoms with van der Waals surface area (Å²) < 4.78 is 9.82. The molecule has 0 spiro atoms. The number of hydrogen-bond donors (Lipinski definition) is 2. The van der Waals surface area contributed by atoms with Crippen LogP contribution in [0.4, 0.5) is 0 Å². The van der Waals surface area contributed by atoms with Crippen molar-refractivity contribution in [3.63, 3.8) is 0 Å². The van der Waals surface area contributed by atoms with Crippen LogP contribution in [0, 0.1) is 5.92 Å². The van der Waals surface area contributed by atoms with Gasteiger partial charge in [-0.15, -0.1) is 0 Å². The maximum absolute atomic E-state index is 9.48. The Labute approximate surface area is 79.5 Å². The molecule has 4 heteroatoms. The summed E-state index contributed by atoms with van der Waals surface area (Å²) in [6.45, 7) is 4.59. The number of hydrogen-bond acceptors (Lipinski definition) is 4. The summed E-state index contributed by atoms with van der Waals surface area (Å²) in [7, 11) is 1.40. The van der Waals surface area contributed by atoms with Gasteiger partial charge in [-0.1, -0.05) is 13.8 Å². The molecular formula is C9H20O4. The predicted octanol–water partition coefficient (Wildman–Crippen LogP) is 0.375. The van der Waals surface area contributed by atoms with Crippen molar-refractivity contribution in [1.29, 1.82) is 0 Å². The van der Waals surface area contributed by atoms with E-state index in [0.29, 0.717) is 6.61 Å². The number of methoxy groups -OCH3 is 1. The summed E-state index contributed by atoms with van der Waals surface area (Å²) in [5, 5.41) is 18.7. The van der Waals surface area contributed by atoms with Gasteiger partial charge in [0, 0.05) is 19.6 Å². The van der Waals surface area contributed by atoms with E-state index in [1.807, 2.05) is 6.92 Å². The van der Waals surface area contributed by atoms with E-state index < -0.39 is 12.4 Å². The van der Waals surface area contributed by atoms with Crippen molar-refractivity contribution in [2.24, 2.45) is 5.92 Å². The SMILES string of the molecule is CCCOCC(O)C(C)C(O)OC. The summed E-state index contributed by atoms with van der Waals surface area (Å²) in [5.41, 5.74) is 0. The molecule has 3 atom stereocenters. The lowest BCUT2D eigenvalue weighted by Crippen LogP contribution is -2.33. The molecule has 0 aliphatic carbocycles. The average molecular weight is 192 g/mol. The normalized spacial score (nSPS) is 18.2. The second-order valence-electron chi connectivity index (χ2n) is 3.13. The van der Waals surface area contributed by atoms with Crippen molar-refractivity contribution in [2.45, 2.75) is 32.7 Å². The summed E-state index contributed by atoms with van der Waals surface area (Å²) in [6, 6.07) is 0. The second kappa shape index (κ2) is 7.26. The largest absolute Gasteiger partial charge is 0.390 e. The minimum absolute atomic E-state index is 0.245. The summed E-state index contributed by atoms with van der Waals surface area (Å²) >= 11 is 0. The molecule has 0 aliphatic heterocycles. The highest BCUT2D eigenvalue weighted by Gasteiger charge is 2.21. The molecular weight excluding hydrogens is 172 g/mol. The Balaban J connectivity index is 3.62. The van der Waals surface area contributed by atoms with E-state index in [-0.39, 0.29) is 12.5 Å². The molecule has 80 valence electrons. The molecule has 0 aromatic rings. The molecule has 0 radical (unpaired) electrons. The fourth-order valence-corrected chi connectivity index (χ4v) is 0.905. The van der Waals surface area contributed by atoms with E-state index in [0.717, 1.165) is 6.42 Å². The van der Waals surface area contributed by atoms with Crippen LogP contribution in [0.2, 0.25) is 0 Å². The van der Waals surface area contributed by atoms with Crippen LogP contribution in [0.15, 0.2) is 0 Å². The van der Waals surface area contributed by atoms with Gasteiger partial charge in [-0.2, -0.15) is 0 Å². The Morgan fingerprint density at radius 3 is 2.38 bits per heavy atom. The molecule has 2 N–H and O–H groups in total. The first-order valence-electron chi connectivity index (χ1n) is 4.60. The number of ether oxygens (including phenoxy) is 2. The maximum Gasteiger partial charge on any atom is 0.159 e. The van der Waals surface area contributed by atoms with Crippen molar-refractivity contribution in [3.05, 3.63) is 0 Å². The molecule has 3 unspecified atom stereocenters. The van der Waals surface area contributed by atoms with E-state index in [1.54, 1.807) is 6.92 Å². The molecule has 0 bridgehead atoms. The highest BCUT2D eigenvalue weighted by Crippen LogP contribution is 2.09. The van der Waals surface area contributed by atoms with Gasteiger partial charge in [-0.05, 0) is 6.42 Å². The van der Waals surface area contributed by atoms with Gasteiger partial charge < -0.3 is 19.7 Å². The minimum Gasteiger partial charge on any atom is -0.390 e. The third kappa shape index (κ3) is 5.21. The maximum atomic E-state index is 9.48. The minimum atomic E-state index is -0.930. The molecule has 4 nitrogen and oxygen atoms in total. The van der Waals surface area contributed by atoms with E-state index >= 15 is 0 Å². The highest BCUT2D eigenvalue weighted by molar-refractivity contribution is 4.65. The molecule has 0 aromatic heterocycles. The van der Waals surface area contributed by atoms with Crippen molar-refractivity contribution >= 4 is 0 Å². The quantitative estimate of drug-likeness (QED) is 0.452. The monoisotopic (exact) mass is 192 g/mol. The van der Waals surface area contributed by atoms with Crippen LogP contribution in [0.3, 0.4) is 0 Å². The fourth-order valence-electron chi connectivity index (χ4n) is 0.905. The van der Waals surface area contributed by atoms with Crippen molar-refractivity contribution in [2.75, 3.05) is 20.3 Å². The number of rotatable bonds is 7. The van der Waals surface area contributed by atoms with Crippen molar-refractivity contribution in [3.8, 4) is 0 Å². The Morgan fingerprint density at radius 2 is 1.92 bits per heavy atom. The van der Waals surface area contributed by atoms with Crippen LogP contribution in [0.1, 0.15) is 20.3 Å². The number of aliphatic hydroxyl groups excluding tert-OH is 2. The summed E-state index contributed by atoms with van der Waals surface area (Å²) in [4.78, 5) is 0.